The highest BCUT2D eigenvalue weighted by Gasteiger charge is 2.59. The van der Waals surface area contributed by atoms with E-state index in [2.05, 4.69) is 0 Å². The van der Waals surface area contributed by atoms with E-state index in [4.69, 9.17) is 23.7 Å². The maximum absolute atomic E-state index is 5.54. The van der Waals surface area contributed by atoms with Gasteiger partial charge in [0.2, 0.25) is 0 Å². The Balaban J connectivity index is 3.12. The summed E-state index contributed by atoms with van der Waals surface area (Å²) in [5, 5.41) is 0. The van der Waals surface area contributed by atoms with Gasteiger partial charge < -0.3 is 23.7 Å². The molecule has 0 aromatic heterocycles. The van der Waals surface area contributed by atoms with Crippen molar-refractivity contribution in [3.05, 3.63) is 11.8 Å². The molecule has 0 fully saturated rings. The fourth-order valence-electron chi connectivity index (χ4n) is 1.71. The third kappa shape index (κ3) is 1.76. The maximum atomic E-state index is 5.54. The van der Waals surface area contributed by atoms with Crippen LogP contribution in [-0.4, -0.2) is 40.2 Å². The minimum Gasteiger partial charge on any atom is -0.440 e. The second kappa shape index (κ2) is 4.49. The van der Waals surface area contributed by atoms with Crippen molar-refractivity contribution in [1.82, 2.24) is 0 Å². The summed E-state index contributed by atoms with van der Waals surface area (Å²) in [7, 11) is 6.01. The van der Waals surface area contributed by atoms with Gasteiger partial charge in [0.15, 0.2) is 0 Å². The standard InChI is InChI=1S/C10H18O5/c1-8-6-7-9(11-2,12-3)10(13-4,14-5)15-8/h6H,7H2,1-5H3. The Morgan fingerprint density at radius 2 is 1.60 bits per heavy atom. The fourth-order valence-corrected chi connectivity index (χ4v) is 1.71. The van der Waals surface area contributed by atoms with Crippen LogP contribution >= 0.6 is 0 Å². The van der Waals surface area contributed by atoms with Crippen molar-refractivity contribution in [3.8, 4) is 0 Å². The van der Waals surface area contributed by atoms with Gasteiger partial charge in [-0.2, -0.15) is 0 Å². The summed E-state index contributed by atoms with van der Waals surface area (Å²) in [5.74, 6) is -1.74. The smallest absolute Gasteiger partial charge is 0.384 e. The molecule has 0 radical (unpaired) electrons. The van der Waals surface area contributed by atoms with Gasteiger partial charge in [-0.1, -0.05) is 0 Å². The summed E-state index contributed by atoms with van der Waals surface area (Å²) in [6, 6.07) is 0. The lowest BCUT2D eigenvalue weighted by Crippen LogP contribution is -2.61. The van der Waals surface area contributed by atoms with E-state index in [9.17, 15) is 0 Å². The minimum atomic E-state index is -1.37. The molecule has 0 aliphatic carbocycles. The Bertz CT molecular complexity index is 240. The van der Waals surface area contributed by atoms with Crippen LogP contribution in [0.1, 0.15) is 13.3 Å². The average Bonchev–Trinajstić information content (AvgIpc) is 2.29. The summed E-state index contributed by atoms with van der Waals surface area (Å²) in [6.07, 6.45) is 2.36. The number of hydrogen-bond acceptors (Lipinski definition) is 5. The van der Waals surface area contributed by atoms with E-state index < -0.39 is 11.8 Å². The molecule has 15 heavy (non-hydrogen) atoms. The van der Waals surface area contributed by atoms with Crippen LogP contribution < -0.4 is 0 Å². The van der Waals surface area contributed by atoms with Crippen molar-refractivity contribution >= 4 is 0 Å². The zero-order chi connectivity index (χ0) is 11.5. The van der Waals surface area contributed by atoms with Gasteiger partial charge in [0.25, 0.3) is 5.79 Å². The molecular formula is C10H18O5. The minimum absolute atomic E-state index is 0.494. The summed E-state index contributed by atoms with van der Waals surface area (Å²) < 4.78 is 26.7. The van der Waals surface area contributed by atoms with Crippen molar-refractivity contribution in [2.45, 2.75) is 25.1 Å². The molecule has 1 aliphatic heterocycles. The van der Waals surface area contributed by atoms with Gasteiger partial charge in [0, 0.05) is 34.9 Å². The van der Waals surface area contributed by atoms with Gasteiger partial charge in [0.1, 0.15) is 0 Å². The van der Waals surface area contributed by atoms with Crippen LogP contribution in [-0.2, 0) is 23.7 Å². The monoisotopic (exact) mass is 218 g/mol. The fraction of sp³-hybridized carbons (Fsp3) is 0.800. The molecule has 0 atom stereocenters. The first kappa shape index (κ1) is 12.4. The lowest BCUT2D eigenvalue weighted by atomic mass is 10.1. The second-order valence-corrected chi connectivity index (χ2v) is 3.25. The predicted molar refractivity (Wildman–Crippen MR) is 53.0 cm³/mol. The van der Waals surface area contributed by atoms with Crippen molar-refractivity contribution < 1.29 is 23.7 Å². The van der Waals surface area contributed by atoms with E-state index in [1.54, 1.807) is 0 Å². The molecule has 0 aromatic rings. The molecule has 0 bridgehead atoms. The van der Waals surface area contributed by atoms with E-state index >= 15 is 0 Å². The zero-order valence-corrected chi connectivity index (χ0v) is 9.83. The van der Waals surface area contributed by atoms with Crippen molar-refractivity contribution in [3.63, 3.8) is 0 Å². The first-order chi connectivity index (χ1) is 7.09. The van der Waals surface area contributed by atoms with Crippen LogP contribution in [0.15, 0.2) is 11.8 Å². The average molecular weight is 218 g/mol. The first-order valence-corrected chi connectivity index (χ1v) is 4.66. The molecule has 0 unspecified atom stereocenters. The van der Waals surface area contributed by atoms with E-state index in [0.717, 1.165) is 0 Å². The molecule has 88 valence electrons. The van der Waals surface area contributed by atoms with Gasteiger partial charge >= 0.3 is 5.97 Å². The number of methoxy groups -OCH3 is 4. The summed E-state index contributed by atoms with van der Waals surface area (Å²) in [4.78, 5) is 0. The van der Waals surface area contributed by atoms with Crippen molar-refractivity contribution in [1.29, 1.82) is 0 Å². The molecule has 0 saturated heterocycles. The van der Waals surface area contributed by atoms with Gasteiger partial charge in [0.05, 0.1) is 5.76 Å². The molecule has 5 heteroatoms. The summed E-state index contributed by atoms with van der Waals surface area (Å²) in [5.41, 5.74) is 0. The molecule has 0 aromatic carbocycles. The highest BCUT2D eigenvalue weighted by molar-refractivity contribution is 5.03. The van der Waals surface area contributed by atoms with Gasteiger partial charge in [-0.05, 0) is 13.0 Å². The molecule has 0 amide bonds. The molecular weight excluding hydrogens is 200 g/mol. The van der Waals surface area contributed by atoms with Gasteiger partial charge in [-0.3, -0.25) is 0 Å². The second-order valence-electron chi connectivity index (χ2n) is 3.25. The van der Waals surface area contributed by atoms with Crippen molar-refractivity contribution in [2.75, 3.05) is 28.4 Å². The van der Waals surface area contributed by atoms with Crippen LogP contribution in [0.25, 0.3) is 0 Å². The lowest BCUT2D eigenvalue weighted by Gasteiger charge is -2.46. The van der Waals surface area contributed by atoms with E-state index in [-0.39, 0.29) is 0 Å². The molecule has 1 aliphatic rings. The van der Waals surface area contributed by atoms with Crippen LogP contribution in [0, 0.1) is 0 Å². The Hall–Kier alpha value is -0.620. The van der Waals surface area contributed by atoms with Crippen LogP contribution in [0.4, 0.5) is 0 Å². The van der Waals surface area contributed by atoms with E-state index in [1.165, 1.54) is 28.4 Å². The lowest BCUT2D eigenvalue weighted by molar-refractivity contribution is -0.476. The molecule has 1 heterocycles. The molecule has 0 spiro atoms. The number of hydrogen-bond donors (Lipinski definition) is 0. The molecule has 1 rings (SSSR count). The maximum Gasteiger partial charge on any atom is 0.384 e. The Morgan fingerprint density at radius 1 is 1.07 bits per heavy atom. The van der Waals surface area contributed by atoms with Crippen LogP contribution in [0.3, 0.4) is 0 Å². The first-order valence-electron chi connectivity index (χ1n) is 4.66. The highest BCUT2D eigenvalue weighted by atomic mass is 16.9. The quantitative estimate of drug-likeness (QED) is 0.664. The Labute approximate surface area is 89.9 Å². The molecule has 5 nitrogen and oxygen atoms in total. The third-order valence-electron chi connectivity index (χ3n) is 2.62. The van der Waals surface area contributed by atoms with Crippen LogP contribution in [0.2, 0.25) is 0 Å². The number of allylic oxidation sites excluding steroid dienone is 1. The predicted octanol–water partition coefficient (Wildman–Crippen LogP) is 1.25. The number of rotatable bonds is 4. The SMILES string of the molecule is COC1(OC)CC=C(C)OC1(OC)OC. The third-order valence-corrected chi connectivity index (χ3v) is 2.62. The van der Waals surface area contributed by atoms with E-state index in [0.29, 0.717) is 12.2 Å². The Morgan fingerprint density at radius 3 is 2.00 bits per heavy atom. The largest absolute Gasteiger partial charge is 0.440 e. The van der Waals surface area contributed by atoms with Crippen molar-refractivity contribution in [2.24, 2.45) is 0 Å². The van der Waals surface area contributed by atoms with Crippen LogP contribution in [0.5, 0.6) is 0 Å². The van der Waals surface area contributed by atoms with Gasteiger partial charge in [-0.25, -0.2) is 0 Å². The normalized spacial score (nSPS) is 23.1. The van der Waals surface area contributed by atoms with Gasteiger partial charge in [-0.15, -0.1) is 0 Å². The Kier molecular flexibility index (Phi) is 3.72. The molecule has 0 N–H and O–H groups in total. The zero-order valence-electron chi connectivity index (χ0n) is 9.83. The number of ether oxygens (including phenoxy) is 5. The topological polar surface area (TPSA) is 46.2 Å². The van der Waals surface area contributed by atoms with E-state index in [1.807, 2.05) is 13.0 Å². The summed E-state index contributed by atoms with van der Waals surface area (Å²) >= 11 is 0. The highest BCUT2D eigenvalue weighted by Crippen LogP contribution is 2.40. The summed E-state index contributed by atoms with van der Waals surface area (Å²) in [6.45, 7) is 1.82. The molecule has 0 saturated carbocycles.